The number of carbonyl (C=O) groups is 3. The average molecular weight is 464 g/mol. The lowest BCUT2D eigenvalue weighted by molar-refractivity contribution is -0.142. The van der Waals surface area contributed by atoms with Crippen LogP contribution in [-0.4, -0.2) is 71.0 Å². The molecule has 1 aliphatic carbocycles. The first-order valence-electron chi connectivity index (χ1n) is 11.6. The number of likely N-dealkylation sites (tertiary alicyclic amines) is 1. The third-order valence-electron chi connectivity index (χ3n) is 7.79. The van der Waals surface area contributed by atoms with Crippen molar-refractivity contribution in [2.24, 2.45) is 11.3 Å². The molecule has 2 aliphatic heterocycles. The minimum atomic E-state index is -1.43. The first kappa shape index (κ1) is 23.6. The zero-order valence-corrected chi connectivity index (χ0v) is 19.1. The van der Waals surface area contributed by atoms with E-state index in [0.29, 0.717) is 31.5 Å². The maximum absolute atomic E-state index is 14.1. The van der Waals surface area contributed by atoms with E-state index in [0.717, 1.165) is 29.9 Å². The molecule has 9 heteroatoms. The predicted molar refractivity (Wildman–Crippen MR) is 117 cm³/mol. The van der Waals surface area contributed by atoms with Crippen molar-refractivity contribution in [3.05, 3.63) is 35.4 Å². The van der Waals surface area contributed by atoms with Crippen molar-refractivity contribution in [1.82, 2.24) is 15.1 Å². The zero-order valence-electron chi connectivity index (χ0n) is 19.1. The smallest absolute Gasteiger partial charge is 0.408 e. The molecule has 7 nitrogen and oxygen atoms in total. The molecule has 1 saturated carbocycles. The number of ketones is 1. The van der Waals surface area contributed by atoms with E-state index in [-0.39, 0.29) is 36.7 Å². The molecule has 1 aromatic carbocycles. The number of rotatable bonds is 6. The molecule has 2 amide bonds. The van der Waals surface area contributed by atoms with Crippen LogP contribution in [0.1, 0.15) is 51.0 Å². The van der Waals surface area contributed by atoms with Gasteiger partial charge in [0.25, 0.3) is 0 Å². The van der Waals surface area contributed by atoms with Gasteiger partial charge >= 0.3 is 6.09 Å². The molecule has 0 unspecified atom stereocenters. The number of nitrogens with one attached hydrogen (secondary N) is 1. The summed E-state index contributed by atoms with van der Waals surface area (Å²) in [5.41, 5.74) is -1.31. The SMILES string of the molecule is CCN(C(=O)O)[C@]1(C(=O)C2CCN(C(=O)C3(C)CC3)CC2)CNC[C@H]1c1ccc(F)c(F)c1. The third-order valence-corrected chi connectivity index (χ3v) is 7.79. The topological polar surface area (TPSA) is 90.0 Å². The van der Waals surface area contributed by atoms with Gasteiger partial charge in [-0.25, -0.2) is 13.6 Å². The molecule has 4 rings (SSSR count). The summed E-state index contributed by atoms with van der Waals surface area (Å²) >= 11 is 0. The number of benzene rings is 1. The van der Waals surface area contributed by atoms with Crippen LogP contribution < -0.4 is 5.32 Å². The number of carboxylic acid groups (broad SMARTS) is 1. The molecule has 3 fully saturated rings. The van der Waals surface area contributed by atoms with E-state index in [2.05, 4.69) is 5.32 Å². The quantitative estimate of drug-likeness (QED) is 0.677. The summed E-state index contributed by atoms with van der Waals surface area (Å²) in [5.74, 6) is -3.17. The third kappa shape index (κ3) is 4.00. The van der Waals surface area contributed by atoms with E-state index in [9.17, 15) is 28.3 Å². The highest BCUT2D eigenvalue weighted by atomic mass is 19.2. The summed E-state index contributed by atoms with van der Waals surface area (Å²) in [5, 5.41) is 13.1. The largest absolute Gasteiger partial charge is 0.465 e. The van der Waals surface area contributed by atoms with E-state index < -0.39 is 35.1 Å². The van der Waals surface area contributed by atoms with Crippen LogP contribution in [-0.2, 0) is 9.59 Å². The fourth-order valence-electron chi connectivity index (χ4n) is 5.57. The van der Waals surface area contributed by atoms with Crippen LogP contribution in [0.5, 0.6) is 0 Å². The van der Waals surface area contributed by atoms with Crippen LogP contribution >= 0.6 is 0 Å². The second-order valence-corrected chi connectivity index (χ2v) is 9.80. The number of piperidine rings is 1. The summed E-state index contributed by atoms with van der Waals surface area (Å²) in [4.78, 5) is 41.9. The van der Waals surface area contributed by atoms with E-state index in [1.165, 1.54) is 6.07 Å². The summed E-state index contributed by atoms with van der Waals surface area (Å²) in [6, 6.07) is 3.49. The van der Waals surface area contributed by atoms with Crippen LogP contribution in [0.2, 0.25) is 0 Å². The van der Waals surface area contributed by atoms with Crippen LogP contribution in [0.25, 0.3) is 0 Å². The highest BCUT2D eigenvalue weighted by Gasteiger charge is 2.57. The van der Waals surface area contributed by atoms with Gasteiger partial charge < -0.3 is 15.3 Å². The maximum atomic E-state index is 14.1. The van der Waals surface area contributed by atoms with Crippen LogP contribution in [0, 0.1) is 23.0 Å². The van der Waals surface area contributed by atoms with Gasteiger partial charge in [0.1, 0.15) is 5.54 Å². The molecule has 3 aliphatic rings. The van der Waals surface area contributed by atoms with Crippen LogP contribution in [0.4, 0.5) is 13.6 Å². The number of carbonyl (C=O) groups excluding carboxylic acids is 2. The second kappa shape index (κ2) is 8.66. The normalized spacial score (nSPS) is 26.8. The molecule has 33 heavy (non-hydrogen) atoms. The minimum Gasteiger partial charge on any atom is -0.465 e. The summed E-state index contributed by atoms with van der Waals surface area (Å²) < 4.78 is 27.6. The molecule has 2 saturated heterocycles. The number of hydrogen-bond donors (Lipinski definition) is 2. The molecule has 2 N–H and O–H groups in total. The second-order valence-electron chi connectivity index (χ2n) is 9.80. The van der Waals surface area contributed by atoms with E-state index in [4.69, 9.17) is 0 Å². The standard InChI is InChI=1S/C24H31F2N3O4/c1-3-29(22(32)33)24(14-27-13-17(24)16-4-5-18(25)19(26)12-16)20(30)15-6-10-28(11-7-15)21(31)23(2)8-9-23/h4-5,12,15,17,27H,3,6-11,13-14H2,1-2H3,(H,32,33)/t17-,24+/m0/s1. The van der Waals surface area contributed by atoms with Gasteiger partial charge in [0, 0.05) is 50.0 Å². The van der Waals surface area contributed by atoms with Crippen molar-refractivity contribution in [2.75, 3.05) is 32.7 Å². The van der Waals surface area contributed by atoms with Crippen molar-refractivity contribution in [2.45, 2.75) is 51.0 Å². The van der Waals surface area contributed by atoms with Gasteiger partial charge in [-0.05, 0) is 50.3 Å². The van der Waals surface area contributed by atoms with Crippen molar-refractivity contribution in [3.63, 3.8) is 0 Å². The van der Waals surface area contributed by atoms with Gasteiger partial charge in [-0.1, -0.05) is 13.0 Å². The molecule has 2 heterocycles. The molecule has 0 spiro atoms. The van der Waals surface area contributed by atoms with Gasteiger partial charge in [-0.3, -0.25) is 14.5 Å². The fraction of sp³-hybridized carbons (Fsp3) is 0.625. The lowest BCUT2D eigenvalue weighted by Gasteiger charge is -2.45. The lowest BCUT2D eigenvalue weighted by Crippen LogP contribution is -2.63. The monoisotopic (exact) mass is 463 g/mol. The van der Waals surface area contributed by atoms with Crippen molar-refractivity contribution in [1.29, 1.82) is 0 Å². The van der Waals surface area contributed by atoms with Crippen molar-refractivity contribution in [3.8, 4) is 0 Å². The van der Waals surface area contributed by atoms with Crippen molar-refractivity contribution < 1.29 is 28.3 Å². The fourth-order valence-corrected chi connectivity index (χ4v) is 5.57. The van der Waals surface area contributed by atoms with E-state index in [1.807, 2.05) is 11.8 Å². The average Bonchev–Trinajstić information content (AvgIpc) is 3.40. The van der Waals surface area contributed by atoms with Crippen LogP contribution in [0.3, 0.4) is 0 Å². The van der Waals surface area contributed by atoms with Gasteiger partial charge in [-0.15, -0.1) is 0 Å². The Kier molecular flexibility index (Phi) is 6.20. The van der Waals surface area contributed by atoms with Gasteiger partial charge in [0.15, 0.2) is 17.4 Å². The highest BCUT2D eigenvalue weighted by Crippen LogP contribution is 2.47. The Balaban J connectivity index is 1.63. The molecule has 0 aromatic heterocycles. The Morgan fingerprint density at radius 1 is 1.18 bits per heavy atom. The Labute approximate surface area is 192 Å². The van der Waals surface area contributed by atoms with Gasteiger partial charge in [-0.2, -0.15) is 0 Å². The Morgan fingerprint density at radius 3 is 2.39 bits per heavy atom. The molecular weight excluding hydrogens is 432 g/mol. The number of Topliss-reactive ketones (excluding diaryl/α,β-unsaturated/α-hetero) is 1. The number of likely N-dealkylation sites (N-methyl/N-ethyl adjacent to an activating group) is 1. The van der Waals surface area contributed by atoms with Crippen molar-refractivity contribution >= 4 is 17.8 Å². The predicted octanol–water partition coefficient (Wildman–Crippen LogP) is 3.00. The van der Waals surface area contributed by atoms with Gasteiger partial charge in [0.05, 0.1) is 0 Å². The molecule has 0 bridgehead atoms. The Bertz CT molecular complexity index is 959. The number of hydrogen-bond acceptors (Lipinski definition) is 4. The highest BCUT2D eigenvalue weighted by molar-refractivity contribution is 5.95. The molecule has 2 atom stereocenters. The van der Waals surface area contributed by atoms with Gasteiger partial charge in [0.2, 0.25) is 5.91 Å². The summed E-state index contributed by atoms with van der Waals surface area (Å²) in [6.07, 6.45) is 1.48. The number of amides is 2. The lowest BCUT2D eigenvalue weighted by atomic mass is 9.71. The molecule has 180 valence electrons. The summed E-state index contributed by atoms with van der Waals surface area (Å²) in [6.45, 7) is 5.01. The maximum Gasteiger partial charge on any atom is 0.408 e. The summed E-state index contributed by atoms with van der Waals surface area (Å²) in [7, 11) is 0. The Hall–Kier alpha value is -2.55. The molecule has 0 radical (unpaired) electrons. The first-order valence-corrected chi connectivity index (χ1v) is 11.6. The Morgan fingerprint density at radius 2 is 1.85 bits per heavy atom. The van der Waals surface area contributed by atoms with Crippen LogP contribution in [0.15, 0.2) is 18.2 Å². The van der Waals surface area contributed by atoms with E-state index >= 15 is 0 Å². The number of nitrogens with zero attached hydrogens (tertiary/aromatic N) is 2. The van der Waals surface area contributed by atoms with E-state index in [1.54, 1.807) is 6.92 Å². The molecule has 1 aromatic rings. The number of halogens is 2. The minimum absolute atomic E-state index is 0.0820. The first-order chi connectivity index (χ1) is 15.6. The molecular formula is C24H31F2N3O4. The zero-order chi connectivity index (χ0) is 24.0.